The first-order chi connectivity index (χ1) is 17.4. The number of amides is 1. The van der Waals surface area contributed by atoms with E-state index in [-0.39, 0.29) is 27.6 Å². The quantitative estimate of drug-likeness (QED) is 0.347. The van der Waals surface area contributed by atoms with Crippen LogP contribution >= 0.6 is 23.2 Å². The zero-order valence-corrected chi connectivity index (χ0v) is 21.8. The zero-order chi connectivity index (χ0) is 25.5. The minimum absolute atomic E-state index is 0.103. The molecular weight excluding hydrogens is 501 g/mol. The van der Waals surface area contributed by atoms with Gasteiger partial charge >= 0.3 is 5.97 Å². The zero-order valence-electron chi connectivity index (χ0n) is 20.3. The van der Waals surface area contributed by atoms with Crippen LogP contribution in [0.15, 0.2) is 30.3 Å². The van der Waals surface area contributed by atoms with Gasteiger partial charge in [0.1, 0.15) is 11.9 Å². The highest BCUT2D eigenvalue weighted by atomic mass is 35.5. The fraction of sp³-hybridized carbons (Fsp3) is 0.519. The third kappa shape index (κ3) is 7.11. The molecule has 0 bridgehead atoms. The number of carboxylic acids is 1. The molecule has 1 aliphatic heterocycles. The molecule has 2 heterocycles. The number of hydrogen-bond donors (Lipinski definition) is 3. The van der Waals surface area contributed by atoms with E-state index in [1.54, 1.807) is 18.2 Å². The number of aromatic nitrogens is 1. The van der Waals surface area contributed by atoms with Gasteiger partial charge < -0.3 is 20.5 Å². The third-order valence-electron chi connectivity index (χ3n) is 7.04. The molecule has 3 N–H and O–H groups in total. The van der Waals surface area contributed by atoms with Gasteiger partial charge in [0.05, 0.1) is 21.7 Å². The van der Waals surface area contributed by atoms with E-state index in [9.17, 15) is 14.7 Å². The summed E-state index contributed by atoms with van der Waals surface area (Å²) < 4.78 is 6.11. The van der Waals surface area contributed by atoms with E-state index in [0.29, 0.717) is 13.0 Å². The molecule has 1 aromatic heterocycles. The standard InChI is InChI=1S/C27H33Cl2N3O4/c28-21-6-1-7-22(29)24(21)26(33)32-23(27(34)35)16-17-8-12-20(13-9-17)36-15-3-5-19-11-10-18-4-2-14-30-25(18)31-19/h1,6-7,10-11,17,20,23H,2-5,8-9,12-16H2,(H,30,31)(H,32,33)(H,34,35)/t17?,20?,23-/m0/s1. The summed E-state index contributed by atoms with van der Waals surface area (Å²) in [6.07, 6.45) is 8.15. The number of carboxylic acid groups (broad SMARTS) is 1. The maximum Gasteiger partial charge on any atom is 0.326 e. The van der Waals surface area contributed by atoms with Crippen LogP contribution in [-0.2, 0) is 22.4 Å². The van der Waals surface area contributed by atoms with Crippen molar-refractivity contribution < 1.29 is 19.4 Å². The second kappa shape index (κ2) is 12.7. The lowest BCUT2D eigenvalue weighted by atomic mass is 9.83. The molecule has 1 atom stereocenters. The molecule has 0 unspecified atom stereocenters. The Kier molecular flexibility index (Phi) is 9.46. The summed E-state index contributed by atoms with van der Waals surface area (Å²) in [7, 11) is 0. The number of carbonyl (C=O) groups is 2. The van der Waals surface area contributed by atoms with Crippen molar-refractivity contribution in [3.05, 3.63) is 57.2 Å². The molecule has 4 rings (SSSR count). The molecule has 1 fully saturated rings. The van der Waals surface area contributed by atoms with Gasteiger partial charge in [-0.05, 0) is 87.5 Å². The van der Waals surface area contributed by atoms with Gasteiger partial charge in [0.2, 0.25) is 0 Å². The minimum atomic E-state index is -1.06. The molecule has 2 aromatic rings. The summed E-state index contributed by atoms with van der Waals surface area (Å²) in [6, 6.07) is 8.06. The van der Waals surface area contributed by atoms with Crippen LogP contribution in [0.25, 0.3) is 0 Å². The number of pyridine rings is 1. The van der Waals surface area contributed by atoms with Crippen molar-refractivity contribution in [3.63, 3.8) is 0 Å². The van der Waals surface area contributed by atoms with E-state index in [4.69, 9.17) is 32.9 Å². The van der Waals surface area contributed by atoms with Gasteiger partial charge in [0.25, 0.3) is 5.91 Å². The molecule has 0 saturated heterocycles. The van der Waals surface area contributed by atoms with Crippen LogP contribution in [0.3, 0.4) is 0 Å². The smallest absolute Gasteiger partial charge is 0.326 e. The Morgan fingerprint density at radius 2 is 1.89 bits per heavy atom. The normalized spacial score (nSPS) is 20.2. The van der Waals surface area contributed by atoms with Gasteiger partial charge in [-0.3, -0.25) is 4.79 Å². The van der Waals surface area contributed by atoms with Crippen molar-refractivity contribution in [1.29, 1.82) is 0 Å². The van der Waals surface area contributed by atoms with Crippen LogP contribution in [0.2, 0.25) is 10.0 Å². The first-order valence-corrected chi connectivity index (χ1v) is 13.5. The number of rotatable bonds is 10. The van der Waals surface area contributed by atoms with Gasteiger partial charge in [-0.2, -0.15) is 0 Å². The molecule has 0 radical (unpaired) electrons. The van der Waals surface area contributed by atoms with Gasteiger partial charge in [0, 0.05) is 18.8 Å². The first-order valence-electron chi connectivity index (χ1n) is 12.7. The molecule has 9 heteroatoms. The van der Waals surface area contributed by atoms with Crippen molar-refractivity contribution >= 4 is 40.9 Å². The van der Waals surface area contributed by atoms with E-state index >= 15 is 0 Å². The Bertz CT molecular complexity index is 1050. The highest BCUT2D eigenvalue weighted by Gasteiger charge is 2.29. The van der Waals surface area contributed by atoms with Crippen LogP contribution < -0.4 is 10.6 Å². The van der Waals surface area contributed by atoms with Crippen LogP contribution in [0.4, 0.5) is 5.82 Å². The largest absolute Gasteiger partial charge is 0.480 e. The van der Waals surface area contributed by atoms with Gasteiger partial charge in [-0.1, -0.05) is 35.3 Å². The number of anilines is 1. The molecule has 1 saturated carbocycles. The summed E-state index contributed by atoms with van der Waals surface area (Å²) >= 11 is 12.2. The second-order valence-electron chi connectivity index (χ2n) is 9.65. The summed E-state index contributed by atoms with van der Waals surface area (Å²) in [6.45, 7) is 1.68. The molecule has 1 aliphatic carbocycles. The SMILES string of the molecule is O=C(N[C@@H](CC1CCC(OCCCc2ccc3c(n2)NCCC3)CC1)C(=O)O)c1c(Cl)cccc1Cl. The van der Waals surface area contributed by atoms with Crippen LogP contribution in [-0.4, -0.2) is 47.3 Å². The van der Waals surface area contributed by atoms with Crippen molar-refractivity contribution in [2.45, 2.75) is 69.9 Å². The summed E-state index contributed by atoms with van der Waals surface area (Å²) in [5.41, 5.74) is 2.50. The van der Waals surface area contributed by atoms with E-state index < -0.39 is 17.9 Å². The lowest BCUT2D eigenvalue weighted by molar-refractivity contribution is -0.139. The Morgan fingerprint density at radius 1 is 1.14 bits per heavy atom. The topological polar surface area (TPSA) is 101 Å². The second-order valence-corrected chi connectivity index (χ2v) is 10.5. The number of ether oxygens (including phenoxy) is 1. The van der Waals surface area contributed by atoms with Crippen LogP contribution in [0.5, 0.6) is 0 Å². The lowest BCUT2D eigenvalue weighted by Gasteiger charge is -2.30. The third-order valence-corrected chi connectivity index (χ3v) is 7.67. The number of aryl methyl sites for hydroxylation is 2. The summed E-state index contributed by atoms with van der Waals surface area (Å²) in [4.78, 5) is 29.2. The van der Waals surface area contributed by atoms with Gasteiger partial charge in [-0.25, -0.2) is 9.78 Å². The Labute approximate surface area is 221 Å². The van der Waals surface area contributed by atoms with Gasteiger partial charge in [-0.15, -0.1) is 0 Å². The summed E-state index contributed by atoms with van der Waals surface area (Å²) in [5.74, 6) is -0.390. The van der Waals surface area contributed by atoms with E-state index in [1.165, 1.54) is 5.56 Å². The first kappa shape index (κ1) is 26.7. The van der Waals surface area contributed by atoms with Crippen molar-refractivity contribution in [1.82, 2.24) is 10.3 Å². The average molecular weight is 534 g/mol. The molecule has 1 aromatic carbocycles. The van der Waals surface area contributed by atoms with Crippen molar-refractivity contribution in [2.75, 3.05) is 18.5 Å². The molecule has 194 valence electrons. The molecule has 0 spiro atoms. The summed E-state index contributed by atoms with van der Waals surface area (Å²) in [5, 5.41) is 16.0. The highest BCUT2D eigenvalue weighted by Crippen LogP contribution is 2.30. The highest BCUT2D eigenvalue weighted by molar-refractivity contribution is 6.39. The van der Waals surface area contributed by atoms with Crippen LogP contribution in [0.1, 0.15) is 66.6 Å². The number of halogens is 2. The van der Waals surface area contributed by atoms with Crippen molar-refractivity contribution in [2.24, 2.45) is 5.92 Å². The number of nitrogens with one attached hydrogen (secondary N) is 2. The number of fused-ring (bicyclic) bond motifs is 1. The fourth-order valence-corrected chi connectivity index (χ4v) is 5.61. The Hall–Kier alpha value is -2.35. The molecular formula is C27H33Cl2N3O4. The number of hydrogen-bond acceptors (Lipinski definition) is 5. The Balaban J connectivity index is 1.18. The van der Waals surface area contributed by atoms with E-state index in [2.05, 4.69) is 22.8 Å². The predicted molar refractivity (Wildman–Crippen MR) is 141 cm³/mol. The monoisotopic (exact) mass is 533 g/mol. The van der Waals surface area contributed by atoms with Crippen molar-refractivity contribution in [3.8, 4) is 0 Å². The van der Waals surface area contributed by atoms with E-state index in [0.717, 1.165) is 69.4 Å². The predicted octanol–water partition coefficient (Wildman–Crippen LogP) is 5.53. The van der Waals surface area contributed by atoms with Gasteiger partial charge in [0.15, 0.2) is 0 Å². The number of aliphatic carboxylic acids is 1. The number of nitrogens with zero attached hydrogens (tertiary/aromatic N) is 1. The molecule has 2 aliphatic rings. The molecule has 36 heavy (non-hydrogen) atoms. The Morgan fingerprint density at radius 3 is 2.61 bits per heavy atom. The maximum absolute atomic E-state index is 12.6. The fourth-order valence-electron chi connectivity index (χ4n) is 5.05. The lowest BCUT2D eigenvalue weighted by Crippen LogP contribution is -2.42. The number of carbonyl (C=O) groups excluding carboxylic acids is 1. The van der Waals surface area contributed by atoms with Crippen LogP contribution in [0, 0.1) is 5.92 Å². The average Bonchev–Trinajstić information content (AvgIpc) is 2.87. The molecule has 1 amide bonds. The molecule has 7 nitrogen and oxygen atoms in total. The number of benzene rings is 1. The van der Waals surface area contributed by atoms with E-state index in [1.807, 2.05) is 0 Å². The maximum atomic E-state index is 12.6. The minimum Gasteiger partial charge on any atom is -0.480 e.